The van der Waals surface area contributed by atoms with E-state index in [-0.39, 0.29) is 5.54 Å². The van der Waals surface area contributed by atoms with Crippen LogP contribution in [-0.2, 0) is 26.6 Å². The topological polar surface area (TPSA) is 71.7 Å². The van der Waals surface area contributed by atoms with Gasteiger partial charge in [-0.3, -0.25) is 9.59 Å². The van der Waals surface area contributed by atoms with Crippen LogP contribution in [0.25, 0.3) is 0 Å². The molecule has 2 N–H and O–H groups in total. The maximum absolute atomic E-state index is 12.6. The van der Waals surface area contributed by atoms with E-state index in [4.69, 9.17) is 0 Å². The first-order valence-corrected chi connectivity index (χ1v) is 10.1. The average Bonchev–Trinajstić information content (AvgIpc) is 3.16. The van der Waals surface area contributed by atoms with Crippen LogP contribution in [0.5, 0.6) is 0 Å². The lowest BCUT2D eigenvalue weighted by Crippen LogP contribution is -3.14. The summed E-state index contributed by atoms with van der Waals surface area (Å²) in [6.45, 7) is 12.4. The largest absolute Gasteiger partial charge is 0.332 e. The Hall–Kier alpha value is -1.54. The fourth-order valence-corrected chi connectivity index (χ4v) is 4.35. The van der Waals surface area contributed by atoms with Gasteiger partial charge in [-0.05, 0) is 27.7 Å². The molecular formula is C17H28N5O2S+. The molecule has 7 nitrogen and oxygen atoms in total. The Labute approximate surface area is 153 Å². The molecule has 1 saturated heterocycles. The number of amides is 2. The highest BCUT2D eigenvalue weighted by Crippen LogP contribution is 2.37. The minimum Gasteiger partial charge on any atom is -0.332 e. The van der Waals surface area contributed by atoms with Gasteiger partial charge in [-0.15, -0.1) is 0 Å². The van der Waals surface area contributed by atoms with E-state index in [1.54, 1.807) is 16.7 Å². The number of hydrogen-bond acceptors (Lipinski definition) is 4. The van der Waals surface area contributed by atoms with Crippen molar-refractivity contribution in [3.05, 3.63) is 11.3 Å². The molecule has 3 heterocycles. The third-order valence-electron chi connectivity index (χ3n) is 4.87. The van der Waals surface area contributed by atoms with Crippen molar-refractivity contribution < 1.29 is 14.5 Å². The minimum absolute atomic E-state index is 0.253. The van der Waals surface area contributed by atoms with Crippen LogP contribution in [0.15, 0.2) is 0 Å². The first-order valence-electron chi connectivity index (χ1n) is 8.94. The molecule has 0 unspecified atom stereocenters. The Morgan fingerprint density at radius 2 is 1.92 bits per heavy atom. The van der Waals surface area contributed by atoms with Crippen LogP contribution in [0.4, 0.5) is 5.82 Å². The van der Waals surface area contributed by atoms with Crippen molar-refractivity contribution in [1.29, 1.82) is 0 Å². The molecule has 0 spiro atoms. The fourth-order valence-electron chi connectivity index (χ4n) is 3.31. The summed E-state index contributed by atoms with van der Waals surface area (Å²) in [5.41, 5.74) is 1.82. The Morgan fingerprint density at radius 1 is 1.24 bits per heavy atom. The molecule has 1 aromatic rings. The van der Waals surface area contributed by atoms with Crippen LogP contribution in [0, 0.1) is 0 Å². The van der Waals surface area contributed by atoms with E-state index in [1.165, 1.54) is 4.90 Å². The van der Waals surface area contributed by atoms with Crippen molar-refractivity contribution in [1.82, 2.24) is 14.7 Å². The number of carbonyl (C=O) groups is 2. The van der Waals surface area contributed by atoms with Gasteiger partial charge in [0.05, 0.1) is 44.0 Å². The maximum Gasteiger partial charge on any atom is 0.315 e. The van der Waals surface area contributed by atoms with Gasteiger partial charge < -0.3 is 15.1 Å². The summed E-state index contributed by atoms with van der Waals surface area (Å²) < 4.78 is 1.85. The Balaban J connectivity index is 1.74. The Morgan fingerprint density at radius 3 is 2.52 bits per heavy atom. The average molecular weight is 367 g/mol. The monoisotopic (exact) mass is 366 g/mol. The summed E-state index contributed by atoms with van der Waals surface area (Å²) in [4.78, 5) is 28.3. The number of fused-ring (bicyclic) bond motifs is 1. The van der Waals surface area contributed by atoms with Gasteiger partial charge >= 0.3 is 11.8 Å². The van der Waals surface area contributed by atoms with Crippen molar-refractivity contribution in [2.24, 2.45) is 0 Å². The highest BCUT2D eigenvalue weighted by atomic mass is 32.2. The molecule has 1 fully saturated rings. The molecule has 0 atom stereocenters. The second-order valence-corrected chi connectivity index (χ2v) is 8.68. The molecule has 0 aliphatic carbocycles. The number of likely N-dealkylation sites (N-methyl/N-ethyl adjacent to an activating group) is 1. The summed E-state index contributed by atoms with van der Waals surface area (Å²) in [6, 6.07) is 0. The Kier molecular flexibility index (Phi) is 5.11. The predicted octanol–water partition coefficient (Wildman–Crippen LogP) is 0.0704. The molecule has 25 heavy (non-hydrogen) atoms. The third-order valence-corrected chi connectivity index (χ3v) is 5.84. The van der Waals surface area contributed by atoms with Gasteiger partial charge in [0.1, 0.15) is 5.82 Å². The zero-order valence-electron chi connectivity index (χ0n) is 15.5. The first kappa shape index (κ1) is 18.3. The lowest BCUT2D eigenvalue weighted by Gasteiger charge is -2.31. The zero-order chi connectivity index (χ0) is 18.2. The summed E-state index contributed by atoms with van der Waals surface area (Å²) in [6.07, 6.45) is 0. The van der Waals surface area contributed by atoms with Crippen molar-refractivity contribution in [2.75, 3.05) is 38.0 Å². The molecule has 3 rings (SSSR count). The molecule has 138 valence electrons. The second kappa shape index (κ2) is 6.99. The number of quaternary nitrogens is 1. The number of nitrogens with one attached hydrogen (secondary N) is 2. The van der Waals surface area contributed by atoms with Crippen molar-refractivity contribution in [3.8, 4) is 0 Å². The standard InChI is InChI=1S/C17H27N5O2S/c1-5-20-6-8-21(9-7-20)16(24)15(23)18-14-12-10-25-11-13(12)19-22(14)17(2,3)4/h5-11H2,1-4H3,(H,18,23)/p+1. The van der Waals surface area contributed by atoms with Gasteiger partial charge in [0.15, 0.2) is 0 Å². The molecule has 2 aliphatic heterocycles. The van der Waals surface area contributed by atoms with Crippen molar-refractivity contribution in [2.45, 2.75) is 44.7 Å². The van der Waals surface area contributed by atoms with E-state index in [1.807, 2.05) is 25.5 Å². The summed E-state index contributed by atoms with van der Waals surface area (Å²) in [5, 5.41) is 7.53. The van der Waals surface area contributed by atoms with Crippen LogP contribution in [0.1, 0.15) is 39.0 Å². The van der Waals surface area contributed by atoms with Crippen LogP contribution < -0.4 is 10.2 Å². The molecule has 0 bridgehead atoms. The minimum atomic E-state index is -0.551. The number of thioether (sulfide) groups is 1. The number of nitrogens with zero attached hydrogens (tertiary/aromatic N) is 3. The predicted molar refractivity (Wildman–Crippen MR) is 98.7 cm³/mol. The second-order valence-electron chi connectivity index (χ2n) is 7.70. The van der Waals surface area contributed by atoms with Crippen molar-refractivity contribution >= 4 is 29.4 Å². The quantitative estimate of drug-likeness (QED) is 0.727. The highest BCUT2D eigenvalue weighted by molar-refractivity contribution is 7.98. The number of rotatable bonds is 2. The molecule has 2 aliphatic rings. The SMILES string of the molecule is CC[NH+]1CCN(C(=O)C(=O)Nc2c3c(nn2C(C)(C)C)CSC3)CC1. The number of piperazine rings is 1. The fraction of sp³-hybridized carbons (Fsp3) is 0.706. The van der Waals surface area contributed by atoms with Crippen molar-refractivity contribution in [3.63, 3.8) is 0 Å². The van der Waals surface area contributed by atoms with Crippen LogP contribution in [0.2, 0.25) is 0 Å². The molecule has 0 aromatic carbocycles. The van der Waals surface area contributed by atoms with E-state index in [0.717, 1.165) is 42.4 Å². The van der Waals surface area contributed by atoms with E-state index >= 15 is 0 Å². The van der Waals surface area contributed by atoms with Crippen LogP contribution >= 0.6 is 11.8 Å². The molecule has 8 heteroatoms. The molecule has 2 amide bonds. The number of hydrogen-bond donors (Lipinski definition) is 2. The molecular weight excluding hydrogens is 338 g/mol. The number of anilines is 1. The highest BCUT2D eigenvalue weighted by Gasteiger charge is 2.32. The molecule has 0 radical (unpaired) electrons. The number of aromatic nitrogens is 2. The lowest BCUT2D eigenvalue weighted by atomic mass is 10.1. The number of carbonyl (C=O) groups excluding carboxylic acids is 2. The van der Waals surface area contributed by atoms with E-state index in [0.29, 0.717) is 18.9 Å². The van der Waals surface area contributed by atoms with Gasteiger partial charge in [-0.1, -0.05) is 0 Å². The van der Waals surface area contributed by atoms with Gasteiger partial charge in [0.25, 0.3) is 0 Å². The van der Waals surface area contributed by atoms with Gasteiger partial charge in [0, 0.05) is 17.1 Å². The van der Waals surface area contributed by atoms with Gasteiger partial charge in [-0.2, -0.15) is 16.9 Å². The molecule has 0 saturated carbocycles. The maximum atomic E-state index is 12.6. The normalized spacial score (nSPS) is 18.3. The van der Waals surface area contributed by atoms with Crippen LogP contribution in [0.3, 0.4) is 0 Å². The first-order chi connectivity index (χ1) is 11.8. The summed E-state index contributed by atoms with van der Waals surface area (Å²) >= 11 is 1.78. The van der Waals surface area contributed by atoms with E-state index in [2.05, 4.69) is 17.3 Å². The van der Waals surface area contributed by atoms with E-state index < -0.39 is 11.8 Å². The smallest absolute Gasteiger partial charge is 0.315 e. The third kappa shape index (κ3) is 3.69. The summed E-state index contributed by atoms with van der Waals surface area (Å²) in [7, 11) is 0. The molecule has 1 aromatic heterocycles. The van der Waals surface area contributed by atoms with Gasteiger partial charge in [-0.25, -0.2) is 4.68 Å². The van der Waals surface area contributed by atoms with Gasteiger partial charge in [0.2, 0.25) is 0 Å². The van der Waals surface area contributed by atoms with E-state index in [9.17, 15) is 9.59 Å². The lowest BCUT2D eigenvalue weighted by molar-refractivity contribution is -0.902. The Bertz CT molecular complexity index is 671. The van der Waals surface area contributed by atoms with Crippen LogP contribution in [-0.4, -0.2) is 59.2 Å². The zero-order valence-corrected chi connectivity index (χ0v) is 16.3. The summed E-state index contributed by atoms with van der Waals surface area (Å²) in [5.74, 6) is 1.38.